The van der Waals surface area contributed by atoms with Crippen molar-refractivity contribution in [3.63, 3.8) is 0 Å². The summed E-state index contributed by atoms with van der Waals surface area (Å²) in [5.74, 6) is -5.79. The number of nitrogens with zero attached hydrogens (tertiary/aromatic N) is 2. The molecule has 0 spiro atoms. The zero-order chi connectivity index (χ0) is 25.1. The SMILES string of the molecule is CCOC(=O)[C@@H]1[C@@H](C(=O)Nc2ccc(Cl)cc2)[C@H]1C(=O)N(F)c1ccc(-n2ccccc2=O)cc1. The van der Waals surface area contributed by atoms with Crippen molar-refractivity contribution in [2.24, 2.45) is 17.8 Å². The Labute approximate surface area is 204 Å². The van der Waals surface area contributed by atoms with Crippen LogP contribution in [0, 0.1) is 17.8 Å². The lowest BCUT2D eigenvalue weighted by Crippen LogP contribution is -2.27. The minimum absolute atomic E-state index is 0.0570. The maximum absolute atomic E-state index is 15.1. The van der Waals surface area contributed by atoms with Gasteiger partial charge in [0.2, 0.25) is 5.91 Å². The summed E-state index contributed by atoms with van der Waals surface area (Å²) in [6.07, 6.45) is 1.56. The number of hydrogen-bond acceptors (Lipinski definition) is 5. The number of benzene rings is 2. The molecule has 1 aliphatic carbocycles. The number of esters is 1. The molecular formula is C25H21ClFN3O5. The first-order valence-corrected chi connectivity index (χ1v) is 11.2. The van der Waals surface area contributed by atoms with E-state index >= 15 is 4.48 Å². The summed E-state index contributed by atoms with van der Waals surface area (Å²) in [7, 11) is 0. The number of carbonyl (C=O) groups excluding carboxylic acids is 3. The highest BCUT2D eigenvalue weighted by Gasteiger charge is 2.65. The normalized spacial score (nSPS) is 18.4. The van der Waals surface area contributed by atoms with Gasteiger partial charge in [0.05, 0.1) is 30.0 Å². The number of halogens is 2. The molecule has 10 heteroatoms. The van der Waals surface area contributed by atoms with Gasteiger partial charge in [-0.2, -0.15) is 0 Å². The van der Waals surface area contributed by atoms with Crippen molar-refractivity contribution in [1.29, 1.82) is 0 Å². The first-order valence-electron chi connectivity index (χ1n) is 10.8. The predicted molar refractivity (Wildman–Crippen MR) is 128 cm³/mol. The Balaban J connectivity index is 1.51. The molecule has 0 unspecified atom stereocenters. The van der Waals surface area contributed by atoms with Gasteiger partial charge in [0.25, 0.3) is 11.5 Å². The monoisotopic (exact) mass is 497 g/mol. The van der Waals surface area contributed by atoms with Crippen molar-refractivity contribution in [3.8, 4) is 5.69 Å². The summed E-state index contributed by atoms with van der Waals surface area (Å²) in [6.45, 7) is 1.66. The average Bonchev–Trinajstić information content (AvgIpc) is 3.61. The molecule has 1 aromatic heterocycles. The summed E-state index contributed by atoms with van der Waals surface area (Å²) in [4.78, 5) is 50.1. The number of nitrogens with one attached hydrogen (secondary N) is 1. The molecule has 0 saturated heterocycles. The van der Waals surface area contributed by atoms with Crippen LogP contribution in [0.25, 0.3) is 5.69 Å². The van der Waals surface area contributed by atoms with Crippen LogP contribution in [-0.4, -0.2) is 29.0 Å². The Kier molecular flexibility index (Phi) is 6.97. The van der Waals surface area contributed by atoms with Gasteiger partial charge in [-0.25, -0.2) is 0 Å². The number of pyridine rings is 1. The number of aromatic nitrogens is 1. The molecule has 4 rings (SSSR count). The fraction of sp³-hybridized carbons (Fsp3) is 0.200. The highest BCUT2D eigenvalue weighted by Crippen LogP contribution is 2.49. The topological polar surface area (TPSA) is 97.7 Å². The second-order valence-corrected chi connectivity index (χ2v) is 8.31. The zero-order valence-electron chi connectivity index (χ0n) is 18.6. The van der Waals surface area contributed by atoms with Crippen LogP contribution < -0.4 is 16.0 Å². The zero-order valence-corrected chi connectivity index (χ0v) is 19.3. The van der Waals surface area contributed by atoms with E-state index in [1.807, 2.05) is 0 Å². The number of anilines is 2. The van der Waals surface area contributed by atoms with E-state index in [2.05, 4.69) is 5.32 Å². The number of ether oxygens (including phenoxy) is 1. The van der Waals surface area contributed by atoms with E-state index in [9.17, 15) is 19.2 Å². The summed E-state index contributed by atoms with van der Waals surface area (Å²) in [5, 5.41) is 3.00. The number of rotatable bonds is 7. The van der Waals surface area contributed by atoms with Crippen LogP contribution in [-0.2, 0) is 19.1 Å². The van der Waals surface area contributed by atoms with Gasteiger partial charge < -0.3 is 10.1 Å². The summed E-state index contributed by atoms with van der Waals surface area (Å²) in [6, 6.07) is 16.6. The fourth-order valence-corrected chi connectivity index (χ4v) is 4.00. The smallest absolute Gasteiger partial charge is 0.310 e. The lowest BCUT2D eigenvalue weighted by molar-refractivity contribution is -0.146. The van der Waals surface area contributed by atoms with Crippen molar-refractivity contribution in [3.05, 3.63) is 88.3 Å². The highest BCUT2D eigenvalue weighted by atomic mass is 35.5. The molecule has 35 heavy (non-hydrogen) atoms. The van der Waals surface area contributed by atoms with Gasteiger partial charge in [-0.15, -0.1) is 5.12 Å². The summed E-state index contributed by atoms with van der Waals surface area (Å²) in [5.41, 5.74) is 0.535. The molecule has 8 nitrogen and oxygen atoms in total. The van der Waals surface area contributed by atoms with Gasteiger partial charge in [0.15, 0.2) is 0 Å². The van der Waals surface area contributed by atoms with E-state index in [1.54, 1.807) is 49.5 Å². The first kappa shape index (κ1) is 24.2. The Morgan fingerprint density at radius 1 is 1.00 bits per heavy atom. The van der Waals surface area contributed by atoms with Gasteiger partial charge in [-0.3, -0.25) is 23.7 Å². The second-order valence-electron chi connectivity index (χ2n) is 7.87. The lowest BCUT2D eigenvalue weighted by Gasteiger charge is -2.13. The Morgan fingerprint density at radius 2 is 1.69 bits per heavy atom. The molecule has 1 fully saturated rings. The number of hydrogen-bond donors (Lipinski definition) is 1. The van der Waals surface area contributed by atoms with E-state index in [0.29, 0.717) is 16.4 Å². The van der Waals surface area contributed by atoms with Gasteiger partial charge >= 0.3 is 5.97 Å². The fourth-order valence-electron chi connectivity index (χ4n) is 3.88. The van der Waals surface area contributed by atoms with Crippen LogP contribution >= 0.6 is 11.6 Å². The third-order valence-corrected chi connectivity index (χ3v) is 5.90. The molecular weight excluding hydrogens is 477 g/mol. The largest absolute Gasteiger partial charge is 0.466 e. The predicted octanol–water partition coefficient (Wildman–Crippen LogP) is 3.77. The number of amides is 2. The Morgan fingerprint density at radius 3 is 2.31 bits per heavy atom. The number of carbonyl (C=O) groups is 3. The van der Waals surface area contributed by atoms with E-state index in [0.717, 1.165) is 0 Å². The molecule has 3 aromatic rings. The quantitative estimate of drug-likeness (QED) is 0.396. The highest BCUT2D eigenvalue weighted by molar-refractivity contribution is 6.30. The molecule has 3 atom stereocenters. The minimum Gasteiger partial charge on any atom is -0.466 e. The van der Waals surface area contributed by atoms with E-state index in [4.69, 9.17) is 16.3 Å². The maximum atomic E-state index is 15.1. The van der Waals surface area contributed by atoms with Crippen molar-refractivity contribution in [1.82, 2.24) is 4.57 Å². The molecule has 180 valence electrons. The third kappa shape index (κ3) is 5.09. The van der Waals surface area contributed by atoms with Gasteiger partial charge in [-0.1, -0.05) is 22.1 Å². The third-order valence-electron chi connectivity index (χ3n) is 5.65. The van der Waals surface area contributed by atoms with Crippen LogP contribution in [0.2, 0.25) is 5.02 Å². The van der Waals surface area contributed by atoms with Crippen molar-refractivity contribution in [2.45, 2.75) is 6.92 Å². The molecule has 2 amide bonds. The Bertz CT molecular complexity index is 1310. The van der Waals surface area contributed by atoms with E-state index in [-0.39, 0.29) is 23.0 Å². The van der Waals surface area contributed by atoms with E-state index < -0.39 is 35.5 Å². The van der Waals surface area contributed by atoms with Gasteiger partial charge in [-0.05, 0) is 61.5 Å². The van der Waals surface area contributed by atoms with Crippen molar-refractivity contribution >= 4 is 40.8 Å². The van der Waals surface area contributed by atoms with Crippen LogP contribution in [0.4, 0.5) is 15.9 Å². The molecule has 0 radical (unpaired) electrons. The lowest BCUT2D eigenvalue weighted by atomic mass is 10.2. The first-order chi connectivity index (χ1) is 16.8. The van der Waals surface area contributed by atoms with Crippen LogP contribution in [0.3, 0.4) is 0 Å². The van der Waals surface area contributed by atoms with Gasteiger partial charge in [0, 0.05) is 28.7 Å². The van der Waals surface area contributed by atoms with Crippen LogP contribution in [0.5, 0.6) is 0 Å². The maximum Gasteiger partial charge on any atom is 0.310 e. The van der Waals surface area contributed by atoms with Crippen molar-refractivity contribution in [2.75, 3.05) is 17.0 Å². The van der Waals surface area contributed by atoms with Crippen LogP contribution in [0.1, 0.15) is 6.92 Å². The standard InChI is InChI=1S/C25H21ClFN3O5/c1-2-35-25(34)22-20(23(32)28-16-8-6-15(26)7-9-16)21(22)24(33)30(27)18-12-10-17(11-13-18)29-14-4-3-5-19(29)31/h3-14,20-22H,2H2,1H3,(H,28,32)/t20-,21+,22+/m0/s1. The minimum atomic E-state index is -1.22. The molecule has 2 aromatic carbocycles. The van der Waals surface area contributed by atoms with Crippen LogP contribution in [0.15, 0.2) is 77.7 Å². The molecule has 1 heterocycles. The van der Waals surface area contributed by atoms with E-state index in [1.165, 1.54) is 34.9 Å². The molecule has 0 aliphatic heterocycles. The summed E-state index contributed by atoms with van der Waals surface area (Å²) < 4.78 is 21.4. The molecule has 1 saturated carbocycles. The van der Waals surface area contributed by atoms with Crippen molar-refractivity contribution < 1.29 is 23.6 Å². The molecule has 1 aliphatic rings. The average molecular weight is 498 g/mol. The Hall–Kier alpha value is -3.98. The van der Waals surface area contributed by atoms with Gasteiger partial charge in [0.1, 0.15) is 0 Å². The molecule has 0 bridgehead atoms. The molecule has 1 N–H and O–H groups in total. The second kappa shape index (κ2) is 10.1. The summed E-state index contributed by atoms with van der Waals surface area (Å²) >= 11 is 5.85.